The van der Waals surface area contributed by atoms with Gasteiger partial charge in [-0.2, -0.15) is 5.26 Å². The molecule has 0 aliphatic rings. The highest BCUT2D eigenvalue weighted by Gasteiger charge is 2.16. The zero-order valence-corrected chi connectivity index (χ0v) is 10.7. The number of nitrogens with zero attached hydrogens (tertiary/aromatic N) is 2. The van der Waals surface area contributed by atoms with Crippen molar-refractivity contribution in [1.29, 1.82) is 5.26 Å². The summed E-state index contributed by atoms with van der Waals surface area (Å²) in [5.74, 6) is 1.27. The van der Waals surface area contributed by atoms with Crippen LogP contribution in [0.2, 0.25) is 0 Å². The predicted octanol–water partition coefficient (Wildman–Crippen LogP) is 3.00. The Hall–Kier alpha value is -1.43. The number of aromatic nitrogens is 1. The fourth-order valence-electron chi connectivity index (χ4n) is 2.07. The Labute approximate surface area is 97.9 Å². The van der Waals surface area contributed by atoms with Gasteiger partial charge in [0.05, 0.1) is 5.56 Å². The highest BCUT2D eigenvalue weighted by atomic mass is 15.1. The summed E-state index contributed by atoms with van der Waals surface area (Å²) in [7, 11) is 0. The topological polar surface area (TPSA) is 54.7 Å². The van der Waals surface area contributed by atoms with Crippen LogP contribution in [-0.2, 0) is 6.54 Å². The second-order valence-corrected chi connectivity index (χ2v) is 4.38. The van der Waals surface area contributed by atoms with E-state index in [0.29, 0.717) is 17.3 Å². The van der Waals surface area contributed by atoms with Crippen molar-refractivity contribution in [2.45, 2.75) is 47.1 Å². The van der Waals surface area contributed by atoms with Crippen molar-refractivity contribution in [3.8, 4) is 6.07 Å². The van der Waals surface area contributed by atoms with Gasteiger partial charge in [0, 0.05) is 12.2 Å². The SMILES string of the molecule is CCC(CC)Cn1c(C)c(C)c(C#N)c1N. The van der Waals surface area contributed by atoms with E-state index in [1.54, 1.807) is 0 Å². The fraction of sp³-hybridized carbons (Fsp3) is 0.615. The summed E-state index contributed by atoms with van der Waals surface area (Å²) in [5.41, 5.74) is 8.80. The monoisotopic (exact) mass is 219 g/mol. The molecule has 0 bridgehead atoms. The Morgan fingerprint density at radius 2 is 1.88 bits per heavy atom. The van der Waals surface area contributed by atoms with Gasteiger partial charge in [-0.15, -0.1) is 0 Å². The predicted molar refractivity (Wildman–Crippen MR) is 67.1 cm³/mol. The average Bonchev–Trinajstić information content (AvgIpc) is 2.49. The molecule has 0 saturated carbocycles. The number of rotatable bonds is 4. The molecule has 0 amide bonds. The Bertz CT molecular complexity index is 406. The van der Waals surface area contributed by atoms with Gasteiger partial charge in [0.2, 0.25) is 0 Å². The summed E-state index contributed by atoms with van der Waals surface area (Å²) in [4.78, 5) is 0. The molecule has 0 fully saturated rings. The van der Waals surface area contributed by atoms with Crippen LogP contribution in [0, 0.1) is 31.1 Å². The van der Waals surface area contributed by atoms with Crippen molar-refractivity contribution in [2.75, 3.05) is 5.73 Å². The lowest BCUT2D eigenvalue weighted by Gasteiger charge is -2.16. The first-order chi connectivity index (χ1) is 7.56. The summed E-state index contributed by atoms with van der Waals surface area (Å²) < 4.78 is 2.09. The minimum Gasteiger partial charge on any atom is -0.384 e. The first kappa shape index (κ1) is 12.6. The van der Waals surface area contributed by atoms with Crippen molar-refractivity contribution in [2.24, 2.45) is 5.92 Å². The number of nitrogen functional groups attached to an aromatic ring is 1. The van der Waals surface area contributed by atoms with Crippen molar-refractivity contribution in [3.63, 3.8) is 0 Å². The highest BCUT2D eigenvalue weighted by molar-refractivity contribution is 5.57. The van der Waals surface area contributed by atoms with Crippen molar-refractivity contribution < 1.29 is 0 Å². The van der Waals surface area contributed by atoms with Gasteiger partial charge >= 0.3 is 0 Å². The number of nitriles is 1. The van der Waals surface area contributed by atoms with Gasteiger partial charge in [0.15, 0.2) is 0 Å². The summed E-state index contributed by atoms with van der Waals surface area (Å²) in [6.07, 6.45) is 2.29. The Morgan fingerprint density at radius 1 is 1.31 bits per heavy atom. The van der Waals surface area contributed by atoms with Gasteiger partial charge in [-0.05, 0) is 25.3 Å². The Kier molecular flexibility index (Phi) is 4.00. The van der Waals surface area contributed by atoms with E-state index in [1.165, 1.54) is 0 Å². The van der Waals surface area contributed by atoms with Crippen molar-refractivity contribution in [1.82, 2.24) is 4.57 Å². The maximum Gasteiger partial charge on any atom is 0.122 e. The van der Waals surface area contributed by atoms with Crippen LogP contribution in [0.5, 0.6) is 0 Å². The Morgan fingerprint density at radius 3 is 2.25 bits per heavy atom. The third-order valence-corrected chi connectivity index (χ3v) is 3.58. The van der Waals surface area contributed by atoms with Crippen LogP contribution in [-0.4, -0.2) is 4.57 Å². The molecule has 1 aromatic rings. The molecule has 0 atom stereocenters. The zero-order chi connectivity index (χ0) is 12.3. The standard InChI is InChI=1S/C13H21N3/c1-5-11(6-2)8-16-10(4)9(3)12(7-14)13(16)15/h11H,5-6,8,15H2,1-4H3. The van der Waals surface area contributed by atoms with Gasteiger partial charge < -0.3 is 10.3 Å². The maximum absolute atomic E-state index is 9.04. The summed E-state index contributed by atoms with van der Waals surface area (Å²) in [6.45, 7) is 9.32. The number of hydrogen-bond donors (Lipinski definition) is 1. The summed E-state index contributed by atoms with van der Waals surface area (Å²) in [5, 5.41) is 9.04. The molecule has 16 heavy (non-hydrogen) atoms. The van der Waals surface area contributed by atoms with E-state index < -0.39 is 0 Å². The van der Waals surface area contributed by atoms with Crippen LogP contribution >= 0.6 is 0 Å². The molecule has 0 unspecified atom stereocenters. The minimum atomic E-state index is 0.629. The molecule has 0 saturated heterocycles. The van der Waals surface area contributed by atoms with Crippen molar-refractivity contribution >= 4 is 5.82 Å². The van der Waals surface area contributed by atoms with Crippen LogP contribution in [0.3, 0.4) is 0 Å². The van der Waals surface area contributed by atoms with E-state index in [2.05, 4.69) is 24.5 Å². The van der Waals surface area contributed by atoms with Gasteiger partial charge in [-0.1, -0.05) is 26.7 Å². The van der Waals surface area contributed by atoms with E-state index in [-0.39, 0.29) is 0 Å². The summed E-state index contributed by atoms with van der Waals surface area (Å²) in [6, 6.07) is 2.19. The third kappa shape index (κ3) is 2.06. The fourth-order valence-corrected chi connectivity index (χ4v) is 2.07. The zero-order valence-electron chi connectivity index (χ0n) is 10.7. The van der Waals surface area contributed by atoms with E-state index >= 15 is 0 Å². The number of hydrogen-bond acceptors (Lipinski definition) is 2. The van der Waals surface area contributed by atoms with Gasteiger partial charge in [0.25, 0.3) is 0 Å². The van der Waals surface area contributed by atoms with E-state index in [0.717, 1.165) is 30.6 Å². The van der Waals surface area contributed by atoms with Crippen LogP contribution in [0.15, 0.2) is 0 Å². The third-order valence-electron chi connectivity index (χ3n) is 3.58. The molecule has 2 N–H and O–H groups in total. The van der Waals surface area contributed by atoms with Crippen molar-refractivity contribution in [3.05, 3.63) is 16.8 Å². The molecule has 0 aromatic carbocycles. The maximum atomic E-state index is 9.04. The molecule has 0 aliphatic heterocycles. The molecule has 0 aliphatic carbocycles. The summed E-state index contributed by atoms with van der Waals surface area (Å²) >= 11 is 0. The largest absolute Gasteiger partial charge is 0.384 e. The Balaban J connectivity index is 3.11. The van der Waals surface area contributed by atoms with Crippen LogP contribution in [0.1, 0.15) is 43.5 Å². The van der Waals surface area contributed by atoms with E-state index in [1.807, 2.05) is 13.8 Å². The highest BCUT2D eigenvalue weighted by Crippen LogP contribution is 2.25. The first-order valence-corrected chi connectivity index (χ1v) is 5.91. The molecule has 3 nitrogen and oxygen atoms in total. The molecule has 88 valence electrons. The second kappa shape index (κ2) is 5.07. The quantitative estimate of drug-likeness (QED) is 0.846. The lowest BCUT2D eigenvalue weighted by molar-refractivity contribution is 0.418. The number of nitrogens with two attached hydrogens (primary N) is 1. The minimum absolute atomic E-state index is 0.629. The molecular weight excluding hydrogens is 198 g/mol. The lowest BCUT2D eigenvalue weighted by atomic mass is 10.0. The second-order valence-electron chi connectivity index (χ2n) is 4.38. The van der Waals surface area contributed by atoms with Gasteiger partial charge in [0.1, 0.15) is 11.9 Å². The first-order valence-electron chi connectivity index (χ1n) is 5.91. The van der Waals surface area contributed by atoms with E-state index in [9.17, 15) is 0 Å². The molecular formula is C13H21N3. The molecule has 1 aromatic heterocycles. The van der Waals surface area contributed by atoms with Crippen LogP contribution < -0.4 is 5.73 Å². The molecule has 3 heteroatoms. The van der Waals surface area contributed by atoms with Gasteiger partial charge in [-0.25, -0.2) is 0 Å². The number of anilines is 1. The normalized spacial score (nSPS) is 10.8. The van der Waals surface area contributed by atoms with Crippen LogP contribution in [0.25, 0.3) is 0 Å². The smallest absolute Gasteiger partial charge is 0.122 e. The molecule has 1 heterocycles. The molecule has 0 spiro atoms. The van der Waals surface area contributed by atoms with Crippen LogP contribution in [0.4, 0.5) is 5.82 Å². The van der Waals surface area contributed by atoms with E-state index in [4.69, 9.17) is 11.0 Å². The lowest BCUT2D eigenvalue weighted by Crippen LogP contribution is -2.13. The molecule has 0 radical (unpaired) electrons. The molecule has 1 rings (SSSR count). The van der Waals surface area contributed by atoms with Gasteiger partial charge in [-0.3, -0.25) is 0 Å². The average molecular weight is 219 g/mol.